The number of aromatic nitrogens is 2. The molecular weight excluding hydrogens is 370 g/mol. The molecule has 2 rings (SSSR count). The molecule has 0 bridgehead atoms. The molecule has 0 spiro atoms. The molecule has 0 unspecified atom stereocenters. The van der Waals surface area contributed by atoms with Gasteiger partial charge in [-0.3, -0.25) is 4.79 Å². The highest BCUT2D eigenvalue weighted by molar-refractivity contribution is 6.32. The summed E-state index contributed by atoms with van der Waals surface area (Å²) in [5.41, 5.74) is 1.36. The van der Waals surface area contributed by atoms with Crippen LogP contribution in [-0.4, -0.2) is 62.2 Å². The van der Waals surface area contributed by atoms with Crippen molar-refractivity contribution in [3.8, 4) is 11.5 Å². The van der Waals surface area contributed by atoms with Gasteiger partial charge in [-0.05, 0) is 27.1 Å². The lowest BCUT2D eigenvalue weighted by Crippen LogP contribution is -2.22. The Morgan fingerprint density at radius 1 is 1.15 bits per heavy atom. The molecule has 2 N–H and O–H groups in total. The first-order chi connectivity index (χ1) is 12.8. The SMILES string of the molecule is COc1cc(NC(=O)c2cc(C)nc(NCCN(C)C)n2)c(OC)cc1Cl. The Hall–Kier alpha value is -2.58. The number of nitrogens with zero attached hydrogens (tertiary/aromatic N) is 3. The number of rotatable bonds is 8. The Morgan fingerprint density at radius 2 is 1.85 bits per heavy atom. The van der Waals surface area contributed by atoms with Crippen molar-refractivity contribution >= 4 is 29.1 Å². The summed E-state index contributed by atoms with van der Waals surface area (Å²) in [6.45, 7) is 3.29. The van der Waals surface area contributed by atoms with Gasteiger partial charge in [-0.1, -0.05) is 11.6 Å². The fraction of sp³-hybridized carbons (Fsp3) is 0.389. The summed E-state index contributed by atoms with van der Waals surface area (Å²) in [5.74, 6) is 0.864. The quantitative estimate of drug-likeness (QED) is 0.712. The van der Waals surface area contributed by atoms with Crippen LogP contribution in [0.3, 0.4) is 0 Å². The number of anilines is 2. The van der Waals surface area contributed by atoms with E-state index in [1.165, 1.54) is 14.2 Å². The monoisotopic (exact) mass is 393 g/mol. The Morgan fingerprint density at radius 3 is 2.48 bits per heavy atom. The van der Waals surface area contributed by atoms with Crippen LogP contribution in [0.1, 0.15) is 16.2 Å². The zero-order valence-electron chi connectivity index (χ0n) is 16.1. The van der Waals surface area contributed by atoms with Gasteiger partial charge in [-0.15, -0.1) is 0 Å². The molecule has 8 nitrogen and oxygen atoms in total. The molecule has 0 aliphatic carbocycles. The van der Waals surface area contributed by atoms with Crippen LogP contribution in [-0.2, 0) is 0 Å². The molecule has 1 amide bonds. The van der Waals surface area contributed by atoms with E-state index in [0.29, 0.717) is 40.4 Å². The van der Waals surface area contributed by atoms with Crippen LogP contribution >= 0.6 is 11.6 Å². The van der Waals surface area contributed by atoms with E-state index in [1.807, 2.05) is 25.9 Å². The lowest BCUT2D eigenvalue weighted by molar-refractivity contribution is 0.102. The van der Waals surface area contributed by atoms with Crippen molar-refractivity contribution < 1.29 is 14.3 Å². The van der Waals surface area contributed by atoms with E-state index in [0.717, 1.165) is 6.54 Å². The average molecular weight is 394 g/mol. The number of halogens is 1. The highest BCUT2D eigenvalue weighted by Gasteiger charge is 2.16. The fourth-order valence-electron chi connectivity index (χ4n) is 2.30. The van der Waals surface area contributed by atoms with Crippen LogP contribution in [0.4, 0.5) is 11.6 Å². The van der Waals surface area contributed by atoms with Crippen LogP contribution < -0.4 is 20.1 Å². The van der Waals surface area contributed by atoms with Gasteiger partial charge in [0.05, 0.1) is 24.9 Å². The number of methoxy groups -OCH3 is 2. The lowest BCUT2D eigenvalue weighted by Gasteiger charge is -2.14. The van der Waals surface area contributed by atoms with Crippen molar-refractivity contribution in [2.45, 2.75) is 6.92 Å². The molecule has 0 aliphatic rings. The molecule has 0 saturated heterocycles. The van der Waals surface area contributed by atoms with E-state index in [9.17, 15) is 4.79 Å². The number of carbonyl (C=O) groups excluding carboxylic acids is 1. The first-order valence-electron chi connectivity index (χ1n) is 8.31. The number of likely N-dealkylation sites (N-methyl/N-ethyl adjacent to an activating group) is 1. The Balaban J connectivity index is 2.22. The Kier molecular flexibility index (Phi) is 7.20. The molecule has 0 saturated carbocycles. The van der Waals surface area contributed by atoms with Crippen molar-refractivity contribution in [3.05, 3.63) is 34.6 Å². The minimum Gasteiger partial charge on any atom is -0.495 e. The predicted molar refractivity (Wildman–Crippen MR) is 106 cm³/mol. The van der Waals surface area contributed by atoms with E-state index in [-0.39, 0.29) is 11.6 Å². The zero-order valence-corrected chi connectivity index (χ0v) is 16.8. The van der Waals surface area contributed by atoms with Crippen molar-refractivity contribution in [3.63, 3.8) is 0 Å². The van der Waals surface area contributed by atoms with Crippen molar-refractivity contribution in [1.82, 2.24) is 14.9 Å². The highest BCUT2D eigenvalue weighted by Crippen LogP contribution is 2.36. The predicted octanol–water partition coefficient (Wildman–Crippen LogP) is 2.68. The summed E-state index contributed by atoms with van der Waals surface area (Å²) in [6, 6.07) is 4.80. The van der Waals surface area contributed by atoms with E-state index in [2.05, 4.69) is 20.6 Å². The molecule has 1 heterocycles. The van der Waals surface area contributed by atoms with Crippen LogP contribution in [0, 0.1) is 6.92 Å². The second-order valence-electron chi connectivity index (χ2n) is 6.09. The summed E-state index contributed by atoms with van der Waals surface area (Å²) >= 11 is 6.10. The molecule has 146 valence electrons. The van der Waals surface area contributed by atoms with Gasteiger partial charge in [-0.2, -0.15) is 0 Å². The topological polar surface area (TPSA) is 88.6 Å². The second-order valence-corrected chi connectivity index (χ2v) is 6.50. The molecule has 1 aromatic heterocycles. The third kappa shape index (κ3) is 5.70. The Bertz CT molecular complexity index is 814. The number of aryl methyl sites for hydroxylation is 1. The number of hydrogen-bond donors (Lipinski definition) is 2. The fourth-order valence-corrected chi connectivity index (χ4v) is 2.53. The van der Waals surface area contributed by atoms with Gasteiger partial charge < -0.3 is 25.0 Å². The molecule has 27 heavy (non-hydrogen) atoms. The number of amides is 1. The van der Waals surface area contributed by atoms with Crippen LogP contribution in [0.15, 0.2) is 18.2 Å². The largest absolute Gasteiger partial charge is 0.495 e. The van der Waals surface area contributed by atoms with Gasteiger partial charge in [0.15, 0.2) is 0 Å². The third-order valence-corrected chi connectivity index (χ3v) is 3.95. The second kappa shape index (κ2) is 9.38. The number of carbonyl (C=O) groups is 1. The summed E-state index contributed by atoms with van der Waals surface area (Å²) in [6.07, 6.45) is 0. The Labute approximate surface area is 163 Å². The van der Waals surface area contributed by atoms with Crippen LogP contribution in [0.5, 0.6) is 11.5 Å². The van der Waals surface area contributed by atoms with E-state index >= 15 is 0 Å². The summed E-state index contributed by atoms with van der Waals surface area (Å²) in [5, 5.41) is 6.28. The first-order valence-corrected chi connectivity index (χ1v) is 8.69. The van der Waals surface area contributed by atoms with E-state index < -0.39 is 0 Å². The average Bonchev–Trinajstić information content (AvgIpc) is 2.61. The van der Waals surface area contributed by atoms with Gasteiger partial charge in [0.1, 0.15) is 17.2 Å². The summed E-state index contributed by atoms with van der Waals surface area (Å²) in [7, 11) is 6.95. The maximum Gasteiger partial charge on any atom is 0.274 e. The van der Waals surface area contributed by atoms with Crippen molar-refractivity contribution in [2.24, 2.45) is 0 Å². The van der Waals surface area contributed by atoms with Gasteiger partial charge in [0.2, 0.25) is 5.95 Å². The molecule has 2 aromatic rings. The summed E-state index contributed by atoms with van der Waals surface area (Å²) in [4.78, 5) is 23.3. The summed E-state index contributed by atoms with van der Waals surface area (Å²) < 4.78 is 10.5. The number of benzene rings is 1. The molecule has 1 aromatic carbocycles. The molecule has 0 fully saturated rings. The van der Waals surface area contributed by atoms with Crippen molar-refractivity contribution in [2.75, 3.05) is 52.0 Å². The molecule has 0 radical (unpaired) electrons. The lowest BCUT2D eigenvalue weighted by atomic mass is 10.2. The molecular formula is C18H24ClN5O3. The number of hydrogen-bond acceptors (Lipinski definition) is 7. The van der Waals surface area contributed by atoms with Gasteiger partial charge in [0.25, 0.3) is 5.91 Å². The van der Waals surface area contributed by atoms with Crippen molar-refractivity contribution in [1.29, 1.82) is 0 Å². The van der Waals surface area contributed by atoms with Crippen LogP contribution in [0.2, 0.25) is 5.02 Å². The molecule has 9 heteroatoms. The standard InChI is InChI=1S/C18H24ClN5O3/c1-11-8-14(23-18(21-11)20-6-7-24(2)3)17(25)22-13-10-15(26-4)12(19)9-16(13)27-5/h8-10H,6-7H2,1-5H3,(H,22,25)(H,20,21,23). The molecule has 0 aliphatic heterocycles. The highest BCUT2D eigenvalue weighted by atomic mass is 35.5. The minimum atomic E-state index is -0.390. The normalized spacial score (nSPS) is 10.6. The van der Waals surface area contributed by atoms with E-state index in [4.69, 9.17) is 21.1 Å². The maximum atomic E-state index is 12.7. The smallest absolute Gasteiger partial charge is 0.274 e. The van der Waals surface area contributed by atoms with Gasteiger partial charge in [0, 0.05) is 30.9 Å². The number of nitrogens with one attached hydrogen (secondary N) is 2. The number of ether oxygens (including phenoxy) is 2. The molecule has 0 atom stereocenters. The van der Waals surface area contributed by atoms with Gasteiger partial charge >= 0.3 is 0 Å². The van der Waals surface area contributed by atoms with Gasteiger partial charge in [-0.25, -0.2) is 9.97 Å². The first kappa shape index (κ1) is 20.7. The zero-order chi connectivity index (χ0) is 20.0. The van der Waals surface area contributed by atoms with E-state index in [1.54, 1.807) is 18.2 Å². The van der Waals surface area contributed by atoms with Crippen LogP contribution in [0.25, 0.3) is 0 Å². The minimum absolute atomic E-state index is 0.242. The maximum absolute atomic E-state index is 12.7. The third-order valence-electron chi connectivity index (χ3n) is 3.65.